The lowest BCUT2D eigenvalue weighted by Crippen LogP contribution is -2.61. The molecule has 0 aromatic carbocycles. The highest BCUT2D eigenvalue weighted by Crippen LogP contribution is 2.44. The second kappa shape index (κ2) is 18.6. The average Bonchev–Trinajstić information content (AvgIpc) is 3.47. The van der Waals surface area contributed by atoms with Crippen LogP contribution in [0.1, 0.15) is 68.7 Å². The lowest BCUT2D eigenvalue weighted by atomic mass is 9.72. The average molecular weight is 774 g/mol. The molecule has 2 aliphatic heterocycles. The number of nitrogens with zero attached hydrogens (tertiary/aromatic N) is 3. The van der Waals surface area contributed by atoms with Crippen molar-refractivity contribution in [3.63, 3.8) is 0 Å². The van der Waals surface area contributed by atoms with Crippen molar-refractivity contribution < 1.29 is 33.6 Å². The van der Waals surface area contributed by atoms with Crippen LogP contribution < -0.4 is 21.3 Å². The number of hydrogen-bond acceptors (Lipinski definition) is 9. The molecule has 1 aliphatic carbocycles. The Morgan fingerprint density at radius 3 is 2.14 bits per heavy atom. The van der Waals surface area contributed by atoms with Gasteiger partial charge in [0.25, 0.3) is 11.8 Å². The molecule has 0 aromatic rings. The Morgan fingerprint density at radius 1 is 0.964 bits per heavy atom. The first-order chi connectivity index (χ1) is 26.0. The molecule has 3 rings (SSSR count). The number of Topliss-reactive ketones (excluding diaryl/α,β-unsaturated/α-hetero) is 1. The number of ketones is 1. The molecule has 304 valence electrons. The van der Waals surface area contributed by atoms with Gasteiger partial charge in [-0.25, -0.2) is 0 Å². The molecular formula is C42H59N7O7. The van der Waals surface area contributed by atoms with Gasteiger partial charge in [0.05, 0.1) is 18.0 Å². The molecule has 4 N–H and O–H groups in total. The summed E-state index contributed by atoms with van der Waals surface area (Å²) in [5.74, 6) is 2.73. The number of allylic oxidation sites excluding steroid dienone is 4. The lowest BCUT2D eigenvalue weighted by molar-refractivity contribution is -0.141. The van der Waals surface area contributed by atoms with Gasteiger partial charge in [-0.05, 0) is 50.0 Å². The zero-order valence-corrected chi connectivity index (χ0v) is 34.8. The van der Waals surface area contributed by atoms with Crippen LogP contribution in [0.5, 0.6) is 0 Å². The molecule has 0 bridgehead atoms. The summed E-state index contributed by atoms with van der Waals surface area (Å²) in [5.41, 5.74) is 0.783. The van der Waals surface area contributed by atoms with E-state index in [4.69, 9.17) is 0 Å². The maximum atomic E-state index is 14.4. The topological polar surface area (TPSA) is 177 Å². The van der Waals surface area contributed by atoms with Gasteiger partial charge in [-0.1, -0.05) is 72.5 Å². The van der Waals surface area contributed by atoms with Gasteiger partial charge in [-0.2, -0.15) is 0 Å². The standard InChI is InChI=1S/C42H59N7O7/c1-25(2)32(22-26(3)37(53)45-30(23-27(4)50)38(54)44-20-21-49-33(51)18-19-34(49)52)48(12)40(56)36(41(5,6)7)46-39(55)35(43-10)42(8,9)29-24-47(11)31-17-15-13-14-16-28(29)31/h13,15,17-19,22,24-25,28,30,32,35-36,43H,20-21,23H2,1-12H3,(H,44,54)(H,45,53)(H,46,55)/b26-22+/t28?,30-,32+,35+,36+/m0/s1. The maximum absolute atomic E-state index is 14.4. The fraction of sp³-hybridized carbons (Fsp3) is 0.548. The van der Waals surface area contributed by atoms with Gasteiger partial charge in [-0.3, -0.25) is 38.5 Å². The van der Waals surface area contributed by atoms with Crippen molar-refractivity contribution in [2.45, 2.75) is 92.9 Å². The number of nitrogens with one attached hydrogen (secondary N) is 4. The Bertz CT molecular complexity index is 1800. The van der Waals surface area contributed by atoms with Gasteiger partial charge in [-0.15, -0.1) is 0 Å². The first kappa shape index (κ1) is 45.1. The molecule has 14 nitrogen and oxygen atoms in total. The Hall–Kier alpha value is -5.29. The summed E-state index contributed by atoms with van der Waals surface area (Å²) >= 11 is 0. The Morgan fingerprint density at radius 2 is 1.59 bits per heavy atom. The monoisotopic (exact) mass is 773 g/mol. The van der Waals surface area contributed by atoms with Crippen LogP contribution in [0.4, 0.5) is 0 Å². The van der Waals surface area contributed by atoms with Crippen molar-refractivity contribution in [1.29, 1.82) is 0 Å². The van der Waals surface area contributed by atoms with Crippen LogP contribution >= 0.6 is 0 Å². The first-order valence-corrected chi connectivity index (χ1v) is 18.9. The molecule has 0 aromatic heterocycles. The molecule has 0 saturated heterocycles. The number of carbonyl (C=O) groups excluding carboxylic acids is 7. The minimum atomic E-state index is -1.22. The predicted octanol–water partition coefficient (Wildman–Crippen LogP) is 1.97. The third kappa shape index (κ3) is 10.7. The molecule has 0 radical (unpaired) electrons. The molecule has 0 fully saturated rings. The van der Waals surface area contributed by atoms with E-state index >= 15 is 0 Å². The molecule has 2 heterocycles. The van der Waals surface area contributed by atoms with E-state index in [0.29, 0.717) is 0 Å². The Kier molecular flexibility index (Phi) is 15.0. The smallest absolute Gasteiger partial charge is 0.253 e. The number of hydrogen-bond donors (Lipinski definition) is 4. The lowest BCUT2D eigenvalue weighted by Gasteiger charge is -2.40. The van der Waals surface area contributed by atoms with Crippen LogP contribution in [0.15, 0.2) is 59.5 Å². The highest BCUT2D eigenvalue weighted by atomic mass is 16.2. The second-order valence-electron chi connectivity index (χ2n) is 16.5. The number of fused-ring (bicyclic) bond motifs is 1. The molecule has 1 unspecified atom stereocenters. The first-order valence-electron chi connectivity index (χ1n) is 18.9. The van der Waals surface area contributed by atoms with Crippen molar-refractivity contribution in [1.82, 2.24) is 36.0 Å². The van der Waals surface area contributed by atoms with Crippen LogP contribution in [-0.2, 0) is 33.6 Å². The van der Waals surface area contributed by atoms with E-state index in [1.54, 1.807) is 33.2 Å². The molecule has 0 saturated carbocycles. The van der Waals surface area contributed by atoms with E-state index in [1.807, 2.05) is 78.8 Å². The summed E-state index contributed by atoms with van der Waals surface area (Å²) < 4.78 is 0. The van der Waals surface area contributed by atoms with Crippen molar-refractivity contribution in [3.05, 3.63) is 59.5 Å². The largest absolute Gasteiger partial charge is 0.353 e. The minimum Gasteiger partial charge on any atom is -0.353 e. The number of imide groups is 1. The summed E-state index contributed by atoms with van der Waals surface area (Å²) in [6.07, 6.45) is 11.4. The summed E-state index contributed by atoms with van der Waals surface area (Å²) in [6.45, 7) is 16.1. The van der Waals surface area contributed by atoms with Crippen LogP contribution in [-0.4, -0.2) is 114 Å². The molecule has 0 spiro atoms. The number of amides is 6. The van der Waals surface area contributed by atoms with Gasteiger partial charge < -0.3 is 31.1 Å². The van der Waals surface area contributed by atoms with Crippen LogP contribution in [0, 0.1) is 34.5 Å². The summed E-state index contributed by atoms with van der Waals surface area (Å²) in [4.78, 5) is 95.4. The molecule has 56 heavy (non-hydrogen) atoms. The van der Waals surface area contributed by atoms with Gasteiger partial charge in [0, 0.05) is 68.6 Å². The zero-order chi connectivity index (χ0) is 42.3. The summed E-state index contributed by atoms with van der Waals surface area (Å²) in [5, 5.41) is 11.5. The van der Waals surface area contributed by atoms with E-state index in [9.17, 15) is 33.6 Å². The quantitative estimate of drug-likeness (QED) is 0.0979. The van der Waals surface area contributed by atoms with Crippen molar-refractivity contribution in [2.75, 3.05) is 34.2 Å². The Labute approximate surface area is 331 Å². The van der Waals surface area contributed by atoms with Gasteiger partial charge >= 0.3 is 0 Å². The highest BCUT2D eigenvalue weighted by molar-refractivity contribution is 6.12. The van der Waals surface area contributed by atoms with Crippen LogP contribution in [0.2, 0.25) is 0 Å². The third-order valence-corrected chi connectivity index (χ3v) is 10.3. The van der Waals surface area contributed by atoms with Gasteiger partial charge in [0.15, 0.2) is 0 Å². The van der Waals surface area contributed by atoms with E-state index in [0.717, 1.165) is 28.3 Å². The number of carbonyl (C=O) groups is 7. The zero-order valence-electron chi connectivity index (χ0n) is 34.8. The normalized spacial score (nSPS) is 18.9. The second-order valence-corrected chi connectivity index (χ2v) is 16.5. The van der Waals surface area contributed by atoms with Crippen molar-refractivity contribution in [2.24, 2.45) is 22.7 Å². The van der Waals surface area contributed by atoms with E-state index in [1.165, 1.54) is 11.8 Å². The molecule has 14 heteroatoms. The van der Waals surface area contributed by atoms with Crippen molar-refractivity contribution in [3.8, 4) is 11.8 Å². The fourth-order valence-electron chi connectivity index (χ4n) is 7.08. The molecule has 5 atom stereocenters. The van der Waals surface area contributed by atoms with E-state index in [2.05, 4.69) is 33.1 Å². The predicted molar refractivity (Wildman–Crippen MR) is 214 cm³/mol. The fourth-order valence-corrected chi connectivity index (χ4v) is 7.08. The van der Waals surface area contributed by atoms with Crippen LogP contribution in [0.25, 0.3) is 0 Å². The summed E-state index contributed by atoms with van der Waals surface area (Å²) in [7, 11) is 5.30. The molecular weight excluding hydrogens is 715 g/mol. The van der Waals surface area contributed by atoms with Gasteiger partial charge in [0.2, 0.25) is 23.6 Å². The molecule has 6 amide bonds. The SMILES string of the molecule is CN[C@H](C(=O)N[C@H](C(=O)N(C)[C@H](/C=C(\C)C(=O)N[C@@H](CC(C)=O)C(=O)NCCN1C(=O)C=CC1=O)C(C)C)C(C)(C)C)C(C)(C)C1=CN(C)C2=CC=CC#CC21. The van der Waals surface area contributed by atoms with E-state index in [-0.39, 0.29) is 54.5 Å². The van der Waals surface area contributed by atoms with Crippen LogP contribution in [0.3, 0.4) is 0 Å². The molecule has 3 aliphatic rings. The number of likely N-dealkylation sites (N-methyl/N-ethyl adjacent to an activating group) is 2. The maximum Gasteiger partial charge on any atom is 0.253 e. The number of rotatable bonds is 17. The highest BCUT2D eigenvalue weighted by Gasteiger charge is 2.46. The minimum absolute atomic E-state index is 0.0716. The summed E-state index contributed by atoms with van der Waals surface area (Å²) in [6, 6.07) is -3.49. The third-order valence-electron chi connectivity index (χ3n) is 10.3. The van der Waals surface area contributed by atoms with Crippen molar-refractivity contribution >= 4 is 41.2 Å². The van der Waals surface area contributed by atoms with Gasteiger partial charge in [0.1, 0.15) is 17.9 Å². The Balaban J connectivity index is 1.78. The van der Waals surface area contributed by atoms with E-state index < -0.39 is 58.6 Å².